The number of primary amides is 1. The molecule has 9 nitrogen and oxygen atoms in total. The Labute approximate surface area is 154 Å². The number of benzene rings is 1. The lowest BCUT2D eigenvalue weighted by molar-refractivity contribution is 0.0992. The van der Waals surface area contributed by atoms with Crippen molar-refractivity contribution in [2.45, 2.75) is 10.1 Å². The number of anilines is 1. The van der Waals surface area contributed by atoms with E-state index in [9.17, 15) is 13.2 Å². The van der Waals surface area contributed by atoms with E-state index in [1.165, 1.54) is 28.6 Å². The molecule has 3 N–H and O–H groups in total. The number of nitrogens with two attached hydrogens (primary N) is 1. The predicted molar refractivity (Wildman–Crippen MR) is 97.9 cm³/mol. The van der Waals surface area contributed by atoms with Gasteiger partial charge in [0.05, 0.1) is 11.4 Å². The number of aromatic nitrogens is 4. The van der Waals surface area contributed by atoms with Gasteiger partial charge in [0.2, 0.25) is 0 Å². The maximum Gasteiger partial charge on any atom is 0.265 e. The Balaban J connectivity index is 1.92. The van der Waals surface area contributed by atoms with Gasteiger partial charge < -0.3 is 10.3 Å². The third kappa shape index (κ3) is 3.44. The number of nitrogens with one attached hydrogen (secondary N) is 1. The van der Waals surface area contributed by atoms with E-state index in [2.05, 4.69) is 14.9 Å². The summed E-state index contributed by atoms with van der Waals surface area (Å²) in [4.78, 5) is 11.3. The molecule has 3 rings (SSSR count). The van der Waals surface area contributed by atoms with Gasteiger partial charge in [0, 0.05) is 13.2 Å². The molecular formula is C15H16N6O3S2. The molecule has 0 aliphatic rings. The van der Waals surface area contributed by atoms with Crippen molar-refractivity contribution >= 4 is 33.4 Å². The van der Waals surface area contributed by atoms with Crippen molar-refractivity contribution in [2.24, 2.45) is 12.8 Å². The van der Waals surface area contributed by atoms with Gasteiger partial charge >= 0.3 is 0 Å². The molecule has 1 aromatic carbocycles. The minimum absolute atomic E-state index is 0.0479. The average Bonchev–Trinajstić information content (AvgIpc) is 3.21. The van der Waals surface area contributed by atoms with E-state index in [1.807, 2.05) is 12.3 Å². The Morgan fingerprint density at radius 3 is 2.73 bits per heavy atom. The van der Waals surface area contributed by atoms with E-state index >= 15 is 0 Å². The number of sulfonamides is 1. The highest BCUT2D eigenvalue weighted by Gasteiger charge is 2.20. The van der Waals surface area contributed by atoms with Crippen LogP contribution in [0.2, 0.25) is 0 Å². The van der Waals surface area contributed by atoms with Crippen molar-refractivity contribution in [3.63, 3.8) is 0 Å². The number of hydrogen-bond donors (Lipinski definition) is 2. The highest BCUT2D eigenvalue weighted by atomic mass is 32.2. The second kappa shape index (κ2) is 6.84. The number of aryl methyl sites for hydroxylation is 1. The molecule has 0 spiro atoms. The van der Waals surface area contributed by atoms with Crippen LogP contribution >= 0.6 is 11.8 Å². The van der Waals surface area contributed by atoms with E-state index < -0.39 is 15.9 Å². The van der Waals surface area contributed by atoms with Crippen molar-refractivity contribution in [3.8, 4) is 5.69 Å². The third-order valence-electron chi connectivity index (χ3n) is 3.62. The van der Waals surface area contributed by atoms with Crippen molar-refractivity contribution in [1.82, 2.24) is 19.3 Å². The molecule has 136 valence electrons. The molecular weight excluding hydrogens is 376 g/mol. The minimum atomic E-state index is -3.87. The van der Waals surface area contributed by atoms with Gasteiger partial charge in [-0.1, -0.05) is 17.8 Å². The van der Waals surface area contributed by atoms with Gasteiger partial charge in [0.25, 0.3) is 15.9 Å². The number of carbonyl (C=O) groups excluding carboxylic acids is 1. The standard InChI is InChI=1S/C15H16N6O3S2/c1-20-8-12(7-13(20)14(16)22)26(23,24)19-10-4-3-5-11(6-10)21-9-17-18-15(21)25-2/h3-9,19H,1-2H3,(H2,16,22). The van der Waals surface area contributed by atoms with Crippen molar-refractivity contribution in [3.05, 3.63) is 48.5 Å². The highest BCUT2D eigenvalue weighted by molar-refractivity contribution is 7.98. The van der Waals surface area contributed by atoms with Gasteiger partial charge in [-0.3, -0.25) is 14.1 Å². The van der Waals surface area contributed by atoms with E-state index in [-0.39, 0.29) is 10.6 Å². The van der Waals surface area contributed by atoms with E-state index in [4.69, 9.17) is 5.73 Å². The van der Waals surface area contributed by atoms with Crippen LogP contribution in [0.15, 0.2) is 52.9 Å². The lowest BCUT2D eigenvalue weighted by Gasteiger charge is -2.09. The van der Waals surface area contributed by atoms with Gasteiger partial charge in [0.15, 0.2) is 5.16 Å². The number of rotatable bonds is 6. The largest absolute Gasteiger partial charge is 0.364 e. The number of nitrogens with zero attached hydrogens (tertiary/aromatic N) is 4. The summed E-state index contributed by atoms with van der Waals surface area (Å²) >= 11 is 1.42. The molecule has 0 saturated heterocycles. The Bertz CT molecular complexity index is 1070. The summed E-state index contributed by atoms with van der Waals surface area (Å²) in [5.74, 6) is -0.701. The topological polar surface area (TPSA) is 125 Å². The van der Waals surface area contributed by atoms with E-state index in [0.29, 0.717) is 16.5 Å². The SMILES string of the molecule is CSc1nncn1-c1cccc(NS(=O)(=O)c2cc(C(N)=O)n(C)c2)c1. The number of amides is 1. The molecule has 0 radical (unpaired) electrons. The fraction of sp³-hybridized carbons (Fsp3) is 0.133. The quantitative estimate of drug-likeness (QED) is 0.608. The lowest BCUT2D eigenvalue weighted by Crippen LogP contribution is -2.14. The van der Waals surface area contributed by atoms with Crippen LogP contribution in [0.25, 0.3) is 5.69 Å². The molecule has 11 heteroatoms. The second-order valence-electron chi connectivity index (χ2n) is 5.38. The average molecular weight is 392 g/mol. The smallest absolute Gasteiger partial charge is 0.265 e. The maximum atomic E-state index is 12.6. The maximum absolute atomic E-state index is 12.6. The van der Waals surface area contributed by atoms with Gasteiger partial charge in [0.1, 0.15) is 16.9 Å². The Morgan fingerprint density at radius 1 is 1.31 bits per heavy atom. The van der Waals surface area contributed by atoms with Crippen LogP contribution in [-0.4, -0.2) is 39.9 Å². The molecule has 1 amide bonds. The number of carbonyl (C=O) groups is 1. The molecule has 0 fully saturated rings. The minimum Gasteiger partial charge on any atom is -0.364 e. The molecule has 2 heterocycles. The third-order valence-corrected chi connectivity index (χ3v) is 5.61. The second-order valence-corrected chi connectivity index (χ2v) is 7.84. The molecule has 0 bridgehead atoms. The van der Waals surface area contributed by atoms with Crippen LogP contribution in [-0.2, 0) is 17.1 Å². The van der Waals surface area contributed by atoms with Crippen molar-refractivity contribution in [1.29, 1.82) is 0 Å². The van der Waals surface area contributed by atoms with Crippen LogP contribution in [0.1, 0.15) is 10.5 Å². The van der Waals surface area contributed by atoms with Gasteiger partial charge in [-0.2, -0.15) is 0 Å². The molecule has 0 atom stereocenters. The first-order valence-corrected chi connectivity index (χ1v) is 10.1. The normalized spacial score (nSPS) is 11.5. The summed E-state index contributed by atoms with van der Waals surface area (Å²) in [5.41, 5.74) is 6.42. The van der Waals surface area contributed by atoms with Gasteiger partial charge in [-0.05, 0) is 30.5 Å². The summed E-state index contributed by atoms with van der Waals surface area (Å²) in [5, 5.41) is 8.52. The molecule has 26 heavy (non-hydrogen) atoms. The summed E-state index contributed by atoms with van der Waals surface area (Å²) in [6, 6.07) is 8.06. The fourth-order valence-electron chi connectivity index (χ4n) is 2.40. The van der Waals surface area contributed by atoms with Crippen LogP contribution < -0.4 is 10.5 Å². The van der Waals surface area contributed by atoms with Crippen LogP contribution in [0.4, 0.5) is 5.69 Å². The Kier molecular flexibility index (Phi) is 4.74. The van der Waals surface area contributed by atoms with E-state index in [0.717, 1.165) is 0 Å². The van der Waals surface area contributed by atoms with Gasteiger partial charge in [-0.25, -0.2) is 8.42 Å². The molecule has 0 aliphatic carbocycles. The van der Waals surface area contributed by atoms with Crippen LogP contribution in [0.3, 0.4) is 0 Å². The summed E-state index contributed by atoms with van der Waals surface area (Å²) in [6.07, 6.45) is 4.76. The Hall–Kier alpha value is -2.79. The zero-order chi connectivity index (χ0) is 18.9. The predicted octanol–water partition coefficient (Wildman–Crippen LogP) is 1.23. The van der Waals surface area contributed by atoms with Crippen LogP contribution in [0.5, 0.6) is 0 Å². The lowest BCUT2D eigenvalue weighted by atomic mass is 10.3. The zero-order valence-corrected chi connectivity index (χ0v) is 15.6. The molecule has 0 saturated carbocycles. The summed E-state index contributed by atoms with van der Waals surface area (Å²) < 4.78 is 30.8. The van der Waals surface area contributed by atoms with Crippen LogP contribution in [0, 0.1) is 0 Å². The van der Waals surface area contributed by atoms with Gasteiger partial charge in [-0.15, -0.1) is 10.2 Å². The molecule has 3 aromatic rings. The highest BCUT2D eigenvalue weighted by Crippen LogP contribution is 2.22. The first-order valence-electron chi connectivity index (χ1n) is 7.35. The zero-order valence-electron chi connectivity index (χ0n) is 13.9. The summed E-state index contributed by atoms with van der Waals surface area (Å²) in [6.45, 7) is 0. The first kappa shape index (κ1) is 18.0. The van der Waals surface area contributed by atoms with E-state index in [1.54, 1.807) is 36.1 Å². The molecule has 2 aromatic heterocycles. The monoisotopic (exact) mass is 392 g/mol. The number of thioether (sulfide) groups is 1. The fourth-order valence-corrected chi connectivity index (χ4v) is 4.00. The number of hydrogen-bond acceptors (Lipinski definition) is 6. The summed E-state index contributed by atoms with van der Waals surface area (Å²) in [7, 11) is -2.32. The molecule has 0 unspecified atom stereocenters. The van der Waals surface area contributed by atoms with Crippen molar-refractivity contribution in [2.75, 3.05) is 11.0 Å². The molecule has 0 aliphatic heterocycles. The van der Waals surface area contributed by atoms with Crippen molar-refractivity contribution < 1.29 is 13.2 Å². The first-order chi connectivity index (χ1) is 12.3. The Morgan fingerprint density at radius 2 is 2.08 bits per heavy atom.